The summed E-state index contributed by atoms with van der Waals surface area (Å²) in [4.78, 5) is 14.2. The minimum absolute atomic E-state index is 0.0351. The molecule has 0 fully saturated rings. The molecule has 2 atom stereocenters. The number of halogens is 3. The standard InChI is InChI=1S/C21H24ClF2N3O/c1-11-14-4-3-5-16(14)20(23)21(24)17(11)10-27(19(28)9-22)13-6-7-15-12(2)25-26-18(15)8-13/h12-13H,3-10H2,1-2H3. The molecule has 1 aliphatic heterocycles. The van der Waals surface area contributed by atoms with Crippen LogP contribution in [0.4, 0.5) is 8.78 Å². The summed E-state index contributed by atoms with van der Waals surface area (Å²) in [6, 6.07) is -0.0389. The lowest BCUT2D eigenvalue weighted by Crippen LogP contribution is -2.42. The number of benzene rings is 1. The van der Waals surface area contributed by atoms with Crippen molar-refractivity contribution >= 4 is 17.5 Å². The van der Waals surface area contributed by atoms with Gasteiger partial charge in [0.25, 0.3) is 0 Å². The van der Waals surface area contributed by atoms with E-state index < -0.39 is 11.6 Å². The van der Waals surface area contributed by atoms with Crippen molar-refractivity contribution in [1.29, 1.82) is 0 Å². The van der Waals surface area contributed by atoms with Crippen LogP contribution in [0.25, 0.3) is 0 Å². The highest BCUT2D eigenvalue weighted by Crippen LogP contribution is 2.38. The van der Waals surface area contributed by atoms with E-state index in [1.807, 2.05) is 13.8 Å². The Kier molecular flexibility index (Phi) is 5.25. The van der Waals surface area contributed by atoms with Gasteiger partial charge in [0.2, 0.25) is 5.91 Å². The van der Waals surface area contributed by atoms with Crippen molar-refractivity contribution in [2.24, 2.45) is 10.2 Å². The molecule has 4 nitrogen and oxygen atoms in total. The molecule has 1 aromatic rings. The van der Waals surface area contributed by atoms with E-state index in [0.29, 0.717) is 18.4 Å². The van der Waals surface area contributed by atoms with E-state index >= 15 is 0 Å². The van der Waals surface area contributed by atoms with Gasteiger partial charge in [0.1, 0.15) is 5.88 Å². The highest BCUT2D eigenvalue weighted by Gasteiger charge is 2.34. The van der Waals surface area contributed by atoms with E-state index in [4.69, 9.17) is 11.6 Å². The van der Waals surface area contributed by atoms with E-state index in [2.05, 4.69) is 10.2 Å². The van der Waals surface area contributed by atoms with Crippen molar-refractivity contribution < 1.29 is 13.6 Å². The number of carbonyl (C=O) groups excluding carboxylic acids is 1. The number of azo groups is 1. The topological polar surface area (TPSA) is 45.0 Å². The van der Waals surface area contributed by atoms with E-state index in [1.54, 1.807) is 4.90 Å². The number of nitrogens with zero attached hydrogens (tertiary/aromatic N) is 3. The highest BCUT2D eigenvalue weighted by atomic mass is 35.5. The summed E-state index contributed by atoms with van der Waals surface area (Å²) in [6.07, 6.45) is 4.31. The van der Waals surface area contributed by atoms with Crippen LogP contribution in [-0.4, -0.2) is 28.8 Å². The lowest BCUT2D eigenvalue weighted by molar-refractivity contribution is -0.131. The molecule has 0 spiro atoms. The number of hydrogen-bond acceptors (Lipinski definition) is 3. The van der Waals surface area contributed by atoms with Crippen LogP contribution in [0.2, 0.25) is 0 Å². The average Bonchev–Trinajstić information content (AvgIpc) is 3.33. The predicted molar refractivity (Wildman–Crippen MR) is 103 cm³/mol. The zero-order valence-electron chi connectivity index (χ0n) is 16.2. The van der Waals surface area contributed by atoms with Gasteiger partial charge >= 0.3 is 0 Å². The molecule has 0 bridgehead atoms. The fourth-order valence-corrected chi connectivity index (χ4v) is 4.99. The molecule has 0 N–H and O–H groups in total. The normalized spacial score (nSPS) is 23.2. The molecule has 1 aromatic carbocycles. The number of amides is 1. The molecule has 2 aliphatic carbocycles. The third kappa shape index (κ3) is 3.15. The maximum Gasteiger partial charge on any atom is 0.238 e. The second kappa shape index (κ2) is 7.54. The fraction of sp³-hybridized carbons (Fsp3) is 0.571. The van der Waals surface area contributed by atoms with E-state index in [-0.39, 0.29) is 36.0 Å². The van der Waals surface area contributed by atoms with Crippen molar-refractivity contribution in [3.05, 3.63) is 45.2 Å². The Labute approximate surface area is 168 Å². The molecule has 3 aliphatic rings. The highest BCUT2D eigenvalue weighted by molar-refractivity contribution is 6.27. The molecule has 0 radical (unpaired) electrons. The molecule has 4 rings (SSSR count). The maximum absolute atomic E-state index is 14.9. The summed E-state index contributed by atoms with van der Waals surface area (Å²) < 4.78 is 29.5. The van der Waals surface area contributed by atoms with Crippen molar-refractivity contribution in [3.8, 4) is 0 Å². The Hall–Kier alpha value is -1.82. The zero-order valence-corrected chi connectivity index (χ0v) is 17.0. The molecular weight excluding hydrogens is 384 g/mol. The van der Waals surface area contributed by atoms with Crippen LogP contribution in [0.15, 0.2) is 21.5 Å². The van der Waals surface area contributed by atoms with Gasteiger partial charge in [-0.25, -0.2) is 8.78 Å². The van der Waals surface area contributed by atoms with Crippen LogP contribution in [0.5, 0.6) is 0 Å². The van der Waals surface area contributed by atoms with Gasteiger partial charge in [0.15, 0.2) is 11.6 Å². The SMILES string of the molecule is Cc1c(CN(C(=O)CCl)C2CCC3=C(C2)N=NC3C)c(F)c(F)c2c1CCC2. The van der Waals surface area contributed by atoms with E-state index in [1.165, 1.54) is 5.57 Å². The summed E-state index contributed by atoms with van der Waals surface area (Å²) in [5.74, 6) is -2.03. The number of rotatable bonds is 4. The number of fused-ring (bicyclic) bond motifs is 1. The molecule has 0 aromatic heterocycles. The zero-order chi connectivity index (χ0) is 20.0. The molecule has 1 amide bonds. The van der Waals surface area contributed by atoms with Crippen LogP contribution in [0, 0.1) is 18.6 Å². The number of alkyl halides is 1. The minimum atomic E-state index is -0.824. The molecule has 0 saturated heterocycles. The monoisotopic (exact) mass is 407 g/mol. The minimum Gasteiger partial charge on any atom is -0.334 e. The van der Waals surface area contributed by atoms with Gasteiger partial charge in [-0.15, -0.1) is 11.6 Å². The smallest absolute Gasteiger partial charge is 0.238 e. The predicted octanol–water partition coefficient (Wildman–Crippen LogP) is 4.99. The third-order valence-electron chi connectivity index (χ3n) is 6.45. The lowest BCUT2D eigenvalue weighted by atomic mass is 9.88. The van der Waals surface area contributed by atoms with Gasteiger partial charge in [-0.3, -0.25) is 4.79 Å². The van der Waals surface area contributed by atoms with Crippen molar-refractivity contribution in [2.75, 3.05) is 5.88 Å². The molecule has 2 unspecified atom stereocenters. The van der Waals surface area contributed by atoms with Gasteiger partial charge in [-0.2, -0.15) is 10.2 Å². The van der Waals surface area contributed by atoms with Gasteiger partial charge in [0, 0.05) is 24.6 Å². The van der Waals surface area contributed by atoms with E-state index in [0.717, 1.165) is 42.5 Å². The third-order valence-corrected chi connectivity index (χ3v) is 6.68. The lowest BCUT2D eigenvalue weighted by Gasteiger charge is -2.35. The number of carbonyl (C=O) groups is 1. The van der Waals surface area contributed by atoms with Crippen LogP contribution in [0.1, 0.15) is 54.9 Å². The molecule has 1 heterocycles. The molecule has 28 heavy (non-hydrogen) atoms. The molecular formula is C21H24ClF2N3O. The Morgan fingerprint density at radius 2 is 1.96 bits per heavy atom. The fourth-order valence-electron chi connectivity index (χ4n) is 4.84. The summed E-state index contributed by atoms with van der Waals surface area (Å²) in [5, 5.41) is 8.47. The molecule has 0 saturated carbocycles. The second-order valence-corrected chi connectivity index (χ2v) is 8.22. The Balaban J connectivity index is 1.66. The van der Waals surface area contributed by atoms with Crippen molar-refractivity contribution in [2.45, 2.75) is 71.0 Å². The van der Waals surface area contributed by atoms with Gasteiger partial charge in [-0.1, -0.05) is 0 Å². The first kappa shape index (κ1) is 19.5. The maximum atomic E-state index is 14.9. The molecule has 7 heteroatoms. The Bertz CT molecular complexity index is 896. The van der Waals surface area contributed by atoms with E-state index in [9.17, 15) is 13.6 Å². The average molecular weight is 408 g/mol. The summed E-state index contributed by atoms with van der Waals surface area (Å²) in [6.45, 7) is 3.88. The van der Waals surface area contributed by atoms with Crippen LogP contribution in [-0.2, 0) is 24.2 Å². The Morgan fingerprint density at radius 1 is 1.21 bits per heavy atom. The summed E-state index contributed by atoms with van der Waals surface area (Å²) in [7, 11) is 0. The van der Waals surface area contributed by atoms with Crippen LogP contribution in [0.3, 0.4) is 0 Å². The number of hydrogen-bond donors (Lipinski definition) is 0. The first-order valence-corrected chi connectivity index (χ1v) is 10.4. The first-order chi connectivity index (χ1) is 13.4. The first-order valence-electron chi connectivity index (χ1n) is 9.88. The summed E-state index contributed by atoms with van der Waals surface area (Å²) >= 11 is 5.86. The largest absolute Gasteiger partial charge is 0.334 e. The van der Waals surface area contributed by atoms with Gasteiger partial charge < -0.3 is 4.90 Å². The van der Waals surface area contributed by atoms with Crippen molar-refractivity contribution in [1.82, 2.24) is 4.90 Å². The van der Waals surface area contributed by atoms with Gasteiger partial charge in [0.05, 0.1) is 11.7 Å². The molecule has 150 valence electrons. The van der Waals surface area contributed by atoms with Gasteiger partial charge in [-0.05, 0) is 68.2 Å². The summed E-state index contributed by atoms with van der Waals surface area (Å²) in [5.41, 5.74) is 4.59. The Morgan fingerprint density at radius 3 is 2.71 bits per heavy atom. The van der Waals surface area contributed by atoms with Crippen molar-refractivity contribution in [3.63, 3.8) is 0 Å². The van der Waals surface area contributed by atoms with Crippen LogP contribution >= 0.6 is 11.6 Å². The quantitative estimate of drug-likeness (QED) is 0.648. The second-order valence-electron chi connectivity index (χ2n) is 7.96. The van der Waals surface area contributed by atoms with Crippen LogP contribution < -0.4 is 0 Å².